The number of hydrogen-bond acceptors (Lipinski definition) is 4. The van der Waals surface area contributed by atoms with Crippen LogP contribution in [0.5, 0.6) is 0 Å². The van der Waals surface area contributed by atoms with Crippen LogP contribution in [-0.4, -0.2) is 49.1 Å². The molecule has 1 aromatic heterocycles. The molecule has 114 valence electrons. The minimum Gasteiger partial charge on any atom is -0.378 e. The fourth-order valence-corrected chi connectivity index (χ4v) is 2.47. The third kappa shape index (κ3) is 3.09. The highest BCUT2D eigenvalue weighted by Gasteiger charge is 2.18. The van der Waals surface area contributed by atoms with Gasteiger partial charge in [-0.3, -0.25) is 4.79 Å². The molecule has 22 heavy (non-hydrogen) atoms. The lowest BCUT2D eigenvalue weighted by molar-refractivity contribution is 0.0303. The van der Waals surface area contributed by atoms with Crippen molar-refractivity contribution in [3.63, 3.8) is 0 Å². The van der Waals surface area contributed by atoms with Gasteiger partial charge in [0, 0.05) is 37.5 Å². The molecule has 0 aliphatic carbocycles. The number of pyridine rings is 1. The Kier molecular flexibility index (Phi) is 4.34. The number of ether oxygens (including phenoxy) is 1. The van der Waals surface area contributed by atoms with Gasteiger partial charge >= 0.3 is 0 Å². The van der Waals surface area contributed by atoms with Gasteiger partial charge in [-0.25, -0.2) is 4.98 Å². The normalized spacial score (nSPS) is 14.7. The molecule has 0 atom stereocenters. The molecule has 1 amide bonds. The van der Waals surface area contributed by atoms with Gasteiger partial charge < -0.3 is 15.0 Å². The Morgan fingerprint density at radius 2 is 1.77 bits per heavy atom. The van der Waals surface area contributed by atoms with Crippen LogP contribution in [0.1, 0.15) is 10.4 Å². The van der Waals surface area contributed by atoms with Gasteiger partial charge in [-0.15, -0.1) is 0 Å². The number of rotatable bonds is 3. The molecule has 0 unspecified atom stereocenters. The number of morpholine rings is 1. The highest BCUT2D eigenvalue weighted by atomic mass is 16.5. The molecule has 1 aliphatic heterocycles. The number of carbonyl (C=O) groups excluding carboxylic acids is 1. The molecule has 0 spiro atoms. The largest absolute Gasteiger partial charge is 0.378 e. The van der Waals surface area contributed by atoms with Crippen LogP contribution in [0.15, 0.2) is 42.6 Å². The molecule has 1 N–H and O–H groups in total. The maximum atomic E-state index is 12.4. The van der Waals surface area contributed by atoms with Crippen molar-refractivity contribution in [1.29, 1.82) is 0 Å². The molecular weight excluding hydrogens is 278 g/mol. The zero-order valence-corrected chi connectivity index (χ0v) is 12.6. The van der Waals surface area contributed by atoms with E-state index >= 15 is 0 Å². The third-order valence-electron chi connectivity index (χ3n) is 3.78. The van der Waals surface area contributed by atoms with Crippen molar-refractivity contribution in [1.82, 2.24) is 9.88 Å². The van der Waals surface area contributed by atoms with E-state index in [1.807, 2.05) is 54.5 Å². The van der Waals surface area contributed by atoms with E-state index in [1.54, 1.807) is 0 Å². The lowest BCUT2D eigenvalue weighted by Gasteiger charge is -2.26. The van der Waals surface area contributed by atoms with E-state index < -0.39 is 0 Å². The topological polar surface area (TPSA) is 54.5 Å². The van der Waals surface area contributed by atoms with Crippen LogP contribution in [0.4, 0.5) is 5.82 Å². The van der Waals surface area contributed by atoms with Crippen molar-refractivity contribution in [2.45, 2.75) is 0 Å². The van der Waals surface area contributed by atoms with Crippen molar-refractivity contribution in [3.05, 3.63) is 48.2 Å². The lowest BCUT2D eigenvalue weighted by Crippen LogP contribution is -2.40. The van der Waals surface area contributed by atoms with Crippen molar-refractivity contribution < 1.29 is 9.53 Å². The van der Waals surface area contributed by atoms with Crippen LogP contribution in [0.25, 0.3) is 11.1 Å². The number of benzene rings is 1. The van der Waals surface area contributed by atoms with Crippen LogP contribution in [0.2, 0.25) is 0 Å². The molecule has 1 fully saturated rings. The molecule has 1 aliphatic rings. The van der Waals surface area contributed by atoms with Crippen LogP contribution in [-0.2, 0) is 4.74 Å². The smallest absolute Gasteiger partial charge is 0.254 e. The zero-order valence-electron chi connectivity index (χ0n) is 12.6. The van der Waals surface area contributed by atoms with Gasteiger partial charge in [0.15, 0.2) is 0 Å². The number of amides is 1. The summed E-state index contributed by atoms with van der Waals surface area (Å²) >= 11 is 0. The van der Waals surface area contributed by atoms with E-state index in [0.717, 1.165) is 16.9 Å². The van der Waals surface area contributed by atoms with E-state index in [4.69, 9.17) is 4.74 Å². The molecule has 2 aromatic rings. The van der Waals surface area contributed by atoms with Gasteiger partial charge in [0.25, 0.3) is 5.91 Å². The van der Waals surface area contributed by atoms with Crippen molar-refractivity contribution in [2.75, 3.05) is 38.7 Å². The predicted octanol–water partition coefficient (Wildman–Crippen LogP) is 2.26. The molecule has 0 radical (unpaired) electrons. The summed E-state index contributed by atoms with van der Waals surface area (Å²) in [6, 6.07) is 11.6. The van der Waals surface area contributed by atoms with Crippen LogP contribution in [0, 0.1) is 0 Å². The van der Waals surface area contributed by atoms with E-state index in [-0.39, 0.29) is 5.91 Å². The second kappa shape index (κ2) is 6.58. The Labute approximate surface area is 129 Å². The summed E-state index contributed by atoms with van der Waals surface area (Å²) in [6.45, 7) is 2.56. The minimum atomic E-state index is 0.0681. The van der Waals surface area contributed by atoms with E-state index in [1.165, 1.54) is 0 Å². The van der Waals surface area contributed by atoms with Gasteiger partial charge in [0.2, 0.25) is 0 Å². The summed E-state index contributed by atoms with van der Waals surface area (Å²) in [5, 5.41) is 2.99. The number of anilines is 1. The maximum Gasteiger partial charge on any atom is 0.254 e. The van der Waals surface area contributed by atoms with Crippen LogP contribution in [0.3, 0.4) is 0 Å². The molecule has 1 saturated heterocycles. The van der Waals surface area contributed by atoms with Gasteiger partial charge in [-0.2, -0.15) is 0 Å². The molecule has 0 saturated carbocycles. The van der Waals surface area contributed by atoms with Crippen LogP contribution >= 0.6 is 0 Å². The molecular formula is C17H19N3O2. The summed E-state index contributed by atoms with van der Waals surface area (Å²) in [7, 11) is 1.84. The van der Waals surface area contributed by atoms with E-state index in [0.29, 0.717) is 31.9 Å². The molecule has 1 aromatic carbocycles. The first-order valence-corrected chi connectivity index (χ1v) is 7.39. The monoisotopic (exact) mass is 297 g/mol. The molecule has 0 bridgehead atoms. The third-order valence-corrected chi connectivity index (χ3v) is 3.78. The quantitative estimate of drug-likeness (QED) is 0.944. The first kappa shape index (κ1) is 14.5. The Morgan fingerprint density at radius 1 is 1.09 bits per heavy atom. The fraction of sp³-hybridized carbons (Fsp3) is 0.294. The summed E-state index contributed by atoms with van der Waals surface area (Å²) in [6.07, 6.45) is 1.82. The molecule has 5 heteroatoms. The number of hydrogen-bond donors (Lipinski definition) is 1. The second-order valence-corrected chi connectivity index (χ2v) is 5.16. The summed E-state index contributed by atoms with van der Waals surface area (Å²) in [5.74, 6) is 0.904. The first-order valence-electron chi connectivity index (χ1n) is 7.39. The Bertz CT molecular complexity index is 632. The highest BCUT2D eigenvalue weighted by Crippen LogP contribution is 2.20. The molecule has 5 nitrogen and oxygen atoms in total. The number of nitrogens with one attached hydrogen (secondary N) is 1. The standard InChI is InChI=1S/C17H19N3O2/c1-18-16-7-6-15(12-19-16)13-2-4-14(5-3-13)17(21)20-8-10-22-11-9-20/h2-7,12H,8-11H2,1H3,(H,18,19). The summed E-state index contributed by atoms with van der Waals surface area (Å²) in [5.41, 5.74) is 2.79. The fourth-order valence-electron chi connectivity index (χ4n) is 2.47. The number of carbonyl (C=O) groups is 1. The van der Waals surface area contributed by atoms with Crippen molar-refractivity contribution in [2.24, 2.45) is 0 Å². The first-order chi connectivity index (χ1) is 10.8. The maximum absolute atomic E-state index is 12.4. The van der Waals surface area contributed by atoms with Crippen molar-refractivity contribution >= 4 is 11.7 Å². The average molecular weight is 297 g/mol. The SMILES string of the molecule is CNc1ccc(-c2ccc(C(=O)N3CCOCC3)cc2)cn1. The van der Waals surface area contributed by atoms with Crippen molar-refractivity contribution in [3.8, 4) is 11.1 Å². The van der Waals surface area contributed by atoms with E-state index in [9.17, 15) is 4.79 Å². The summed E-state index contributed by atoms with van der Waals surface area (Å²) < 4.78 is 5.28. The molecule has 2 heterocycles. The van der Waals surface area contributed by atoms with Gasteiger partial charge in [0.05, 0.1) is 13.2 Å². The number of nitrogens with zero attached hydrogens (tertiary/aromatic N) is 2. The van der Waals surface area contributed by atoms with Gasteiger partial charge in [-0.1, -0.05) is 12.1 Å². The zero-order chi connectivity index (χ0) is 15.4. The molecule has 3 rings (SSSR count). The van der Waals surface area contributed by atoms with E-state index in [2.05, 4.69) is 10.3 Å². The lowest BCUT2D eigenvalue weighted by atomic mass is 10.0. The predicted molar refractivity (Wildman–Crippen MR) is 85.9 cm³/mol. The van der Waals surface area contributed by atoms with Gasteiger partial charge in [0.1, 0.15) is 5.82 Å². The Hall–Kier alpha value is -2.40. The number of aromatic nitrogens is 1. The highest BCUT2D eigenvalue weighted by molar-refractivity contribution is 5.94. The summed E-state index contributed by atoms with van der Waals surface area (Å²) in [4.78, 5) is 18.5. The Balaban J connectivity index is 1.75. The van der Waals surface area contributed by atoms with Crippen LogP contribution < -0.4 is 5.32 Å². The van der Waals surface area contributed by atoms with Gasteiger partial charge in [-0.05, 0) is 29.8 Å². The second-order valence-electron chi connectivity index (χ2n) is 5.16. The average Bonchev–Trinajstić information content (AvgIpc) is 2.62. The minimum absolute atomic E-state index is 0.0681. The Morgan fingerprint density at radius 3 is 2.36 bits per heavy atom.